The minimum Gasteiger partial charge on any atom is -0.360 e. The van der Waals surface area contributed by atoms with Crippen LogP contribution in [0.3, 0.4) is 0 Å². The highest BCUT2D eigenvalue weighted by Gasteiger charge is 2.13. The van der Waals surface area contributed by atoms with Crippen LogP contribution in [0.15, 0.2) is 18.2 Å². The molecule has 1 atom stereocenters. The fraction of sp³-hybridized carbons (Fsp3) is 0.273. The van der Waals surface area contributed by atoms with Crippen molar-refractivity contribution in [2.24, 2.45) is 0 Å². The van der Waals surface area contributed by atoms with Crippen LogP contribution in [0, 0.1) is 12.3 Å². The molecule has 1 aromatic carbocycles. The summed E-state index contributed by atoms with van der Waals surface area (Å²) in [6.07, 6.45) is 5.06. The zero-order valence-electron chi connectivity index (χ0n) is 7.84. The van der Waals surface area contributed by atoms with Crippen LogP contribution in [0.25, 0.3) is 0 Å². The quantitative estimate of drug-likeness (QED) is 0.449. The predicted molar refractivity (Wildman–Crippen MR) is 72.9 cm³/mol. The molecule has 0 aliphatic carbocycles. The van der Waals surface area contributed by atoms with Crippen molar-refractivity contribution in [3.8, 4) is 12.3 Å². The van der Waals surface area contributed by atoms with E-state index in [2.05, 4.69) is 28.5 Å². The van der Waals surface area contributed by atoms with Gasteiger partial charge in [-0.1, -0.05) is 57.8 Å². The minimum atomic E-state index is -0.0774. The van der Waals surface area contributed by atoms with E-state index in [1.54, 1.807) is 12.1 Å². The first-order chi connectivity index (χ1) is 7.19. The molecule has 0 heterocycles. The van der Waals surface area contributed by atoms with Gasteiger partial charge in [-0.3, -0.25) is 0 Å². The van der Waals surface area contributed by atoms with Crippen molar-refractivity contribution in [1.29, 1.82) is 0 Å². The van der Waals surface area contributed by atoms with E-state index in [1.807, 2.05) is 6.07 Å². The molecular weight excluding hydrogens is 346 g/mol. The molecule has 0 aliphatic rings. The Bertz CT molecular complexity index is 373. The number of hydrogen-bond acceptors (Lipinski definition) is 1. The summed E-state index contributed by atoms with van der Waals surface area (Å²) in [5.74, 6) is 2.44. The highest BCUT2D eigenvalue weighted by molar-refractivity contribution is 14.1. The molecule has 80 valence electrons. The Morgan fingerprint density at radius 2 is 2.20 bits per heavy atom. The van der Waals surface area contributed by atoms with Crippen molar-refractivity contribution >= 4 is 45.8 Å². The first-order valence-corrected chi connectivity index (χ1v) is 6.53. The Labute approximate surface area is 113 Å². The smallest absolute Gasteiger partial charge is 0.108 e. The topological polar surface area (TPSA) is 9.23 Å². The molecule has 0 amide bonds. The number of alkyl halides is 1. The summed E-state index contributed by atoms with van der Waals surface area (Å²) < 4.78 is 6.27. The lowest BCUT2D eigenvalue weighted by atomic mass is 10.1. The maximum atomic E-state index is 6.06. The fourth-order valence-corrected chi connectivity index (χ4v) is 2.39. The van der Waals surface area contributed by atoms with E-state index in [-0.39, 0.29) is 12.7 Å². The third kappa shape index (κ3) is 3.84. The Morgan fingerprint density at radius 3 is 2.73 bits per heavy atom. The second kappa shape index (κ2) is 6.59. The van der Waals surface area contributed by atoms with Crippen molar-refractivity contribution in [1.82, 2.24) is 0 Å². The summed E-state index contributed by atoms with van der Waals surface area (Å²) in [5, 5.41) is 1.23. The van der Waals surface area contributed by atoms with Gasteiger partial charge in [-0.25, -0.2) is 0 Å². The van der Waals surface area contributed by atoms with Crippen LogP contribution in [0.2, 0.25) is 10.0 Å². The SMILES string of the molecule is C#CCOC(CI)c1ccc(Cl)cc1Cl. The van der Waals surface area contributed by atoms with Gasteiger partial charge in [0, 0.05) is 20.0 Å². The van der Waals surface area contributed by atoms with Crippen molar-refractivity contribution in [2.75, 3.05) is 11.0 Å². The third-order valence-corrected chi connectivity index (χ3v) is 3.18. The number of benzene rings is 1. The Kier molecular flexibility index (Phi) is 5.77. The van der Waals surface area contributed by atoms with E-state index in [9.17, 15) is 0 Å². The second-order valence-electron chi connectivity index (χ2n) is 2.82. The molecular formula is C11H9Cl2IO. The van der Waals surface area contributed by atoms with Crippen molar-refractivity contribution in [3.05, 3.63) is 33.8 Å². The lowest BCUT2D eigenvalue weighted by Gasteiger charge is -2.15. The first-order valence-electron chi connectivity index (χ1n) is 4.25. The summed E-state index contributed by atoms with van der Waals surface area (Å²) in [4.78, 5) is 0. The van der Waals surface area contributed by atoms with Crippen LogP contribution in [0.1, 0.15) is 11.7 Å². The average Bonchev–Trinajstić information content (AvgIpc) is 2.21. The number of ether oxygens (including phenoxy) is 1. The lowest BCUT2D eigenvalue weighted by molar-refractivity contribution is 0.0985. The van der Waals surface area contributed by atoms with E-state index in [0.717, 1.165) is 9.99 Å². The molecule has 0 aliphatic heterocycles. The van der Waals surface area contributed by atoms with Crippen LogP contribution in [0.5, 0.6) is 0 Å². The van der Waals surface area contributed by atoms with Gasteiger partial charge in [0.15, 0.2) is 0 Å². The molecule has 0 bridgehead atoms. The lowest BCUT2D eigenvalue weighted by Crippen LogP contribution is -2.06. The second-order valence-corrected chi connectivity index (χ2v) is 4.55. The number of terminal acetylenes is 1. The molecule has 0 saturated carbocycles. The van der Waals surface area contributed by atoms with E-state index >= 15 is 0 Å². The molecule has 1 rings (SSSR count). The molecule has 1 nitrogen and oxygen atoms in total. The maximum Gasteiger partial charge on any atom is 0.108 e. The van der Waals surface area contributed by atoms with E-state index in [1.165, 1.54) is 0 Å². The molecule has 0 spiro atoms. The molecule has 0 N–H and O–H groups in total. The van der Waals surface area contributed by atoms with Gasteiger partial charge in [0.2, 0.25) is 0 Å². The van der Waals surface area contributed by atoms with Gasteiger partial charge in [0.25, 0.3) is 0 Å². The van der Waals surface area contributed by atoms with Crippen LogP contribution >= 0.6 is 45.8 Å². The zero-order chi connectivity index (χ0) is 11.3. The summed E-state index contributed by atoms with van der Waals surface area (Å²) >= 11 is 14.1. The molecule has 0 aromatic heterocycles. The van der Waals surface area contributed by atoms with Gasteiger partial charge >= 0.3 is 0 Å². The number of halogens is 3. The number of hydrogen-bond donors (Lipinski definition) is 0. The van der Waals surface area contributed by atoms with Crippen molar-refractivity contribution in [3.63, 3.8) is 0 Å². The first kappa shape index (κ1) is 13.1. The zero-order valence-corrected chi connectivity index (χ0v) is 11.5. The molecule has 1 aromatic rings. The summed E-state index contributed by atoms with van der Waals surface area (Å²) in [7, 11) is 0. The fourth-order valence-electron chi connectivity index (χ4n) is 1.13. The van der Waals surface area contributed by atoms with Crippen LogP contribution in [0.4, 0.5) is 0 Å². The summed E-state index contributed by atoms with van der Waals surface area (Å²) in [6.45, 7) is 0.284. The van der Waals surface area contributed by atoms with E-state index in [0.29, 0.717) is 10.0 Å². The average molecular weight is 355 g/mol. The van der Waals surface area contributed by atoms with Gasteiger partial charge in [-0.15, -0.1) is 6.42 Å². The Balaban J connectivity index is 2.87. The van der Waals surface area contributed by atoms with Gasteiger partial charge in [-0.05, 0) is 12.1 Å². The largest absolute Gasteiger partial charge is 0.360 e. The van der Waals surface area contributed by atoms with Gasteiger partial charge in [0.1, 0.15) is 6.61 Å². The van der Waals surface area contributed by atoms with Crippen molar-refractivity contribution in [2.45, 2.75) is 6.10 Å². The molecule has 0 radical (unpaired) electrons. The van der Waals surface area contributed by atoms with E-state index in [4.69, 9.17) is 34.4 Å². The van der Waals surface area contributed by atoms with Gasteiger partial charge in [-0.2, -0.15) is 0 Å². The molecule has 1 unspecified atom stereocenters. The third-order valence-electron chi connectivity index (χ3n) is 1.82. The summed E-state index contributed by atoms with van der Waals surface area (Å²) in [6, 6.07) is 5.36. The van der Waals surface area contributed by atoms with Crippen molar-refractivity contribution < 1.29 is 4.74 Å². The van der Waals surface area contributed by atoms with Crippen LogP contribution in [-0.4, -0.2) is 11.0 Å². The maximum absolute atomic E-state index is 6.06. The standard InChI is InChI=1S/C11H9Cl2IO/c1-2-5-15-11(7-14)9-4-3-8(12)6-10(9)13/h1,3-4,6,11H,5,7H2. The highest BCUT2D eigenvalue weighted by atomic mass is 127. The van der Waals surface area contributed by atoms with Gasteiger partial charge < -0.3 is 4.74 Å². The van der Waals surface area contributed by atoms with Crippen LogP contribution < -0.4 is 0 Å². The molecule has 4 heteroatoms. The molecule has 0 saturated heterocycles. The molecule has 0 fully saturated rings. The highest BCUT2D eigenvalue weighted by Crippen LogP contribution is 2.29. The molecule has 15 heavy (non-hydrogen) atoms. The van der Waals surface area contributed by atoms with Gasteiger partial charge in [0.05, 0.1) is 6.10 Å². The Hall–Kier alpha value is 0.0500. The predicted octanol–water partition coefficient (Wildman–Crippen LogP) is 4.12. The van der Waals surface area contributed by atoms with E-state index < -0.39 is 0 Å². The minimum absolute atomic E-state index is 0.0774. The normalized spacial score (nSPS) is 12.1. The number of rotatable bonds is 4. The summed E-state index contributed by atoms with van der Waals surface area (Å²) in [5.41, 5.74) is 0.922. The Morgan fingerprint density at radius 1 is 1.47 bits per heavy atom. The monoisotopic (exact) mass is 354 g/mol. The van der Waals surface area contributed by atoms with Crippen LogP contribution in [-0.2, 0) is 4.74 Å².